The van der Waals surface area contributed by atoms with Crippen molar-refractivity contribution >= 4 is 39.0 Å². The number of fused-ring (bicyclic) bond motifs is 2. The number of likely N-dealkylation sites (tertiary alicyclic amines) is 1. The largest absolute Gasteiger partial charge is 0.333 e. The lowest BCUT2D eigenvalue weighted by molar-refractivity contribution is 0.0762. The molecule has 174 valence electrons. The van der Waals surface area contributed by atoms with Crippen LogP contribution in [0.3, 0.4) is 0 Å². The van der Waals surface area contributed by atoms with Gasteiger partial charge in [-0.3, -0.25) is 4.79 Å². The van der Waals surface area contributed by atoms with Gasteiger partial charge in [-0.1, -0.05) is 6.07 Å². The molecular weight excluding hydrogens is 458 g/mol. The second kappa shape index (κ2) is 8.95. The van der Waals surface area contributed by atoms with Crippen LogP contribution >= 0.6 is 11.3 Å². The molecular formula is C24H27N3O4S2. The first kappa shape index (κ1) is 22.2. The quantitative estimate of drug-likeness (QED) is 0.669. The van der Waals surface area contributed by atoms with Crippen LogP contribution in [0.1, 0.15) is 58.3 Å². The van der Waals surface area contributed by atoms with Crippen molar-refractivity contribution < 1.29 is 18.0 Å². The Balaban J connectivity index is 1.27. The average Bonchev–Trinajstić information content (AvgIpc) is 3.58. The summed E-state index contributed by atoms with van der Waals surface area (Å²) in [4.78, 5) is 27.0. The number of carbonyl (C=O) groups is 2. The molecule has 1 aromatic carbocycles. The summed E-state index contributed by atoms with van der Waals surface area (Å²) < 4.78 is 27.3. The number of amides is 3. The normalized spacial score (nSPS) is 19.6. The Kier molecular flexibility index (Phi) is 6.01. The lowest BCUT2D eigenvalue weighted by Crippen LogP contribution is -2.36. The van der Waals surface area contributed by atoms with Gasteiger partial charge in [-0.2, -0.15) is 11.3 Å². The van der Waals surface area contributed by atoms with Crippen LogP contribution in [-0.4, -0.2) is 37.8 Å². The maximum absolute atomic E-state index is 12.7. The Bertz CT molecular complexity index is 1190. The zero-order chi connectivity index (χ0) is 23.0. The third-order valence-corrected chi connectivity index (χ3v) is 8.42. The van der Waals surface area contributed by atoms with E-state index in [9.17, 15) is 18.0 Å². The Morgan fingerprint density at radius 3 is 2.45 bits per heavy atom. The smallest absolute Gasteiger partial charge is 0.332 e. The molecule has 2 N–H and O–H groups in total. The number of thiophene rings is 1. The van der Waals surface area contributed by atoms with E-state index in [1.807, 2.05) is 5.38 Å². The number of sulfonamides is 1. The maximum Gasteiger partial charge on any atom is 0.333 e. The van der Waals surface area contributed by atoms with Gasteiger partial charge < -0.3 is 10.2 Å². The highest BCUT2D eigenvalue weighted by molar-refractivity contribution is 7.92. The summed E-state index contributed by atoms with van der Waals surface area (Å²) in [6, 6.07) is 2.98. The number of anilines is 1. The third-order valence-electron chi connectivity index (χ3n) is 6.75. The van der Waals surface area contributed by atoms with Crippen molar-refractivity contribution in [2.24, 2.45) is 0 Å². The summed E-state index contributed by atoms with van der Waals surface area (Å²) >= 11 is 1.45. The fourth-order valence-electron chi connectivity index (χ4n) is 5.26. The van der Waals surface area contributed by atoms with Gasteiger partial charge in [0.2, 0.25) is 0 Å². The summed E-state index contributed by atoms with van der Waals surface area (Å²) in [7, 11) is -4.00. The molecule has 2 aliphatic carbocycles. The number of hydrogen-bond donors (Lipinski definition) is 2. The topological polar surface area (TPSA) is 95.6 Å². The first-order valence-corrected chi connectivity index (χ1v) is 13.9. The highest BCUT2D eigenvalue weighted by Gasteiger charge is 2.29. The molecule has 0 saturated carbocycles. The van der Waals surface area contributed by atoms with Crippen molar-refractivity contribution in [1.29, 1.82) is 0 Å². The Hall–Kier alpha value is -2.65. The average molecular weight is 486 g/mol. The van der Waals surface area contributed by atoms with E-state index in [4.69, 9.17) is 0 Å². The van der Waals surface area contributed by atoms with Crippen LogP contribution < -0.4 is 10.0 Å². The van der Waals surface area contributed by atoms with Crippen LogP contribution in [0.4, 0.5) is 10.5 Å². The SMILES string of the molecule is O=C(Nc1c2c(cc3c1CCC3)CCC2)NS(=O)(=O)C=CC1CCCN1C(=O)c1ccsc1. The van der Waals surface area contributed by atoms with Crippen LogP contribution in [0.2, 0.25) is 0 Å². The van der Waals surface area contributed by atoms with Gasteiger partial charge in [-0.05, 0) is 91.1 Å². The molecule has 0 radical (unpaired) electrons. The van der Waals surface area contributed by atoms with E-state index in [0.29, 0.717) is 18.5 Å². The van der Waals surface area contributed by atoms with Gasteiger partial charge in [0.05, 0.1) is 11.6 Å². The fraction of sp³-hybridized carbons (Fsp3) is 0.417. The van der Waals surface area contributed by atoms with E-state index in [1.165, 1.54) is 28.5 Å². The number of urea groups is 1. The molecule has 0 bridgehead atoms. The van der Waals surface area contributed by atoms with Crippen molar-refractivity contribution in [2.75, 3.05) is 11.9 Å². The fourth-order valence-corrected chi connectivity index (χ4v) is 6.66. The van der Waals surface area contributed by atoms with Crippen molar-refractivity contribution in [3.63, 3.8) is 0 Å². The molecule has 3 aliphatic rings. The molecule has 1 atom stereocenters. The second-order valence-electron chi connectivity index (χ2n) is 8.88. The minimum Gasteiger partial charge on any atom is -0.332 e. The molecule has 1 aromatic heterocycles. The summed E-state index contributed by atoms with van der Waals surface area (Å²) in [6.45, 7) is 0.585. The Labute approximate surface area is 197 Å². The summed E-state index contributed by atoms with van der Waals surface area (Å²) in [5, 5.41) is 7.49. The highest BCUT2D eigenvalue weighted by Crippen LogP contribution is 2.38. The van der Waals surface area contributed by atoms with Gasteiger partial charge in [0, 0.05) is 23.0 Å². The van der Waals surface area contributed by atoms with Crippen LogP contribution in [0, 0.1) is 0 Å². The van der Waals surface area contributed by atoms with Gasteiger partial charge in [0.1, 0.15) is 0 Å². The molecule has 2 heterocycles. The van der Waals surface area contributed by atoms with Crippen LogP contribution in [0.5, 0.6) is 0 Å². The predicted octanol–water partition coefficient (Wildman–Crippen LogP) is 4.00. The van der Waals surface area contributed by atoms with E-state index >= 15 is 0 Å². The van der Waals surface area contributed by atoms with Crippen molar-refractivity contribution in [3.05, 3.63) is 62.2 Å². The molecule has 2 aromatic rings. The van der Waals surface area contributed by atoms with Gasteiger partial charge in [-0.25, -0.2) is 17.9 Å². The summed E-state index contributed by atoms with van der Waals surface area (Å²) in [5.74, 6) is -0.0988. The molecule has 0 spiro atoms. The molecule has 7 nitrogen and oxygen atoms in total. The number of hydrogen-bond acceptors (Lipinski definition) is 5. The van der Waals surface area contributed by atoms with Gasteiger partial charge in [0.25, 0.3) is 15.9 Å². The number of nitrogens with one attached hydrogen (secondary N) is 2. The standard InChI is InChI=1S/C24H27N3O4S2/c28-23(18-9-12-32-15-18)27-11-3-6-19(27)10-13-33(30,31)26-24(29)25-22-20-7-1-4-16(20)14-17-5-2-8-21(17)22/h9-10,12-15,19H,1-8,11H2,(H2,25,26,29). The Morgan fingerprint density at radius 1 is 1.06 bits per heavy atom. The first-order valence-electron chi connectivity index (χ1n) is 11.4. The lowest BCUT2D eigenvalue weighted by atomic mass is 9.99. The van der Waals surface area contributed by atoms with E-state index in [-0.39, 0.29) is 11.9 Å². The minimum absolute atomic E-state index is 0.0988. The molecule has 1 aliphatic heterocycles. The second-order valence-corrected chi connectivity index (χ2v) is 11.2. The molecule has 9 heteroatoms. The summed E-state index contributed by atoms with van der Waals surface area (Å²) in [5.41, 5.74) is 6.25. The van der Waals surface area contributed by atoms with E-state index in [0.717, 1.165) is 67.2 Å². The monoisotopic (exact) mass is 485 g/mol. The van der Waals surface area contributed by atoms with Crippen molar-refractivity contribution in [2.45, 2.75) is 57.4 Å². The zero-order valence-electron chi connectivity index (χ0n) is 18.3. The number of aryl methyl sites for hydroxylation is 2. The highest BCUT2D eigenvalue weighted by atomic mass is 32.2. The van der Waals surface area contributed by atoms with Crippen LogP contribution in [0.15, 0.2) is 34.4 Å². The van der Waals surface area contributed by atoms with E-state index in [1.54, 1.807) is 16.3 Å². The first-order chi connectivity index (χ1) is 15.9. The minimum atomic E-state index is -4.00. The number of carbonyl (C=O) groups excluding carboxylic acids is 2. The molecule has 1 unspecified atom stereocenters. The third kappa shape index (κ3) is 4.56. The van der Waals surface area contributed by atoms with E-state index < -0.39 is 16.1 Å². The van der Waals surface area contributed by atoms with Crippen LogP contribution in [-0.2, 0) is 35.7 Å². The van der Waals surface area contributed by atoms with Crippen molar-refractivity contribution in [3.8, 4) is 0 Å². The lowest BCUT2D eigenvalue weighted by Gasteiger charge is -2.21. The Morgan fingerprint density at radius 2 is 1.79 bits per heavy atom. The molecule has 1 fully saturated rings. The summed E-state index contributed by atoms with van der Waals surface area (Å²) in [6.07, 6.45) is 8.92. The van der Waals surface area contributed by atoms with Gasteiger partial charge >= 0.3 is 6.03 Å². The molecule has 1 saturated heterocycles. The number of nitrogens with zero attached hydrogens (tertiary/aromatic N) is 1. The predicted molar refractivity (Wildman–Crippen MR) is 129 cm³/mol. The van der Waals surface area contributed by atoms with Crippen LogP contribution in [0.25, 0.3) is 0 Å². The zero-order valence-corrected chi connectivity index (χ0v) is 19.9. The molecule has 33 heavy (non-hydrogen) atoms. The van der Waals surface area contributed by atoms with Gasteiger partial charge in [-0.15, -0.1) is 0 Å². The molecule has 3 amide bonds. The van der Waals surface area contributed by atoms with E-state index in [2.05, 4.69) is 16.1 Å². The number of rotatable bonds is 5. The molecule has 5 rings (SSSR count). The maximum atomic E-state index is 12.7. The van der Waals surface area contributed by atoms with Crippen molar-refractivity contribution in [1.82, 2.24) is 9.62 Å². The van der Waals surface area contributed by atoms with Gasteiger partial charge in [0.15, 0.2) is 0 Å². The number of benzene rings is 1.